The Bertz CT molecular complexity index is 976. The van der Waals surface area contributed by atoms with Crippen LogP contribution in [0.4, 0.5) is 0 Å². The van der Waals surface area contributed by atoms with E-state index in [0.29, 0.717) is 23.2 Å². The Morgan fingerprint density at radius 1 is 0.725 bits per heavy atom. The first kappa shape index (κ1) is 34.8. The topological polar surface area (TPSA) is 178 Å². The molecule has 0 aliphatic carbocycles. The van der Waals surface area contributed by atoms with Gasteiger partial charge in [-0.3, -0.25) is 0 Å². The number of benzene rings is 2. The van der Waals surface area contributed by atoms with Gasteiger partial charge in [0.05, 0.1) is 35.3 Å². The van der Waals surface area contributed by atoms with Crippen LogP contribution in [0, 0.1) is 0 Å². The summed E-state index contributed by atoms with van der Waals surface area (Å²) in [6.07, 6.45) is 2.43. The normalized spacial score (nSPS) is 21.2. The Labute approximate surface area is 238 Å². The lowest BCUT2D eigenvalue weighted by molar-refractivity contribution is -0.723. The fourth-order valence-corrected chi connectivity index (χ4v) is 4.76. The highest BCUT2D eigenvalue weighted by Crippen LogP contribution is 2.12. The lowest BCUT2D eigenvalue weighted by atomic mass is 9.94. The molecule has 2 aromatic carbocycles. The molecule has 0 unspecified atom stereocenters. The third-order valence-electron chi connectivity index (χ3n) is 6.57. The smallest absolute Gasteiger partial charge is 0.335 e. The molecule has 0 amide bonds. The summed E-state index contributed by atoms with van der Waals surface area (Å²) in [7, 11) is 0. The Hall–Kier alpha value is -3.18. The second-order valence-corrected chi connectivity index (χ2v) is 11.7. The number of para-hydroxylation sites is 2. The number of hydrogen-bond acceptors (Lipinski definition) is 6. The first-order valence-electron chi connectivity index (χ1n) is 13.8. The van der Waals surface area contributed by atoms with Gasteiger partial charge in [-0.1, -0.05) is 47.9 Å². The van der Waals surface area contributed by atoms with E-state index in [1.165, 1.54) is 61.4 Å². The minimum atomic E-state index is -1.18. The zero-order valence-corrected chi connectivity index (χ0v) is 24.7. The number of carbonyl (C=O) groups is 2. The number of nitrogens with one attached hydrogen (secondary N) is 2. The Kier molecular flexibility index (Phi) is 14.6. The van der Waals surface area contributed by atoms with E-state index < -0.39 is 23.4 Å². The fourth-order valence-electron chi connectivity index (χ4n) is 4.76. The van der Waals surface area contributed by atoms with Crippen molar-refractivity contribution in [2.24, 2.45) is 0 Å². The molecule has 0 bridgehead atoms. The summed E-state index contributed by atoms with van der Waals surface area (Å²) in [5.74, 6) is -3.25. The van der Waals surface area contributed by atoms with E-state index in [4.69, 9.17) is 10.2 Å². The molecule has 224 valence electrons. The molecule has 2 atom stereocenters. The average Bonchev–Trinajstić information content (AvgIpc) is 2.84. The number of quaternary nitrogens is 2. The van der Waals surface area contributed by atoms with Crippen LogP contribution in [0.5, 0.6) is 11.5 Å². The third-order valence-corrected chi connectivity index (χ3v) is 6.57. The Balaban J connectivity index is 0.000000333. The van der Waals surface area contributed by atoms with Crippen molar-refractivity contribution < 1.29 is 40.6 Å². The predicted molar refractivity (Wildman–Crippen MR) is 152 cm³/mol. The molecule has 0 aromatic heterocycles. The van der Waals surface area contributed by atoms with Crippen LogP contribution >= 0.6 is 0 Å². The molecule has 2 aromatic rings. The zero-order chi connectivity index (χ0) is 30.3. The summed E-state index contributed by atoms with van der Waals surface area (Å²) < 4.78 is 0. The molecule has 10 nitrogen and oxygen atoms in total. The molecular formula is C30H48N4O6. The molecule has 40 heavy (non-hydrogen) atoms. The highest BCUT2D eigenvalue weighted by Gasteiger charge is 2.26. The summed E-state index contributed by atoms with van der Waals surface area (Å²) in [4.78, 5) is 20.4. The summed E-state index contributed by atoms with van der Waals surface area (Å²) in [6.45, 7) is 18.6. The highest BCUT2D eigenvalue weighted by atomic mass is 16.4. The molecule has 8 N–H and O–H groups in total. The second kappa shape index (κ2) is 16.8. The van der Waals surface area contributed by atoms with E-state index in [0.717, 1.165) is 26.2 Å². The van der Waals surface area contributed by atoms with Crippen molar-refractivity contribution in [3.05, 3.63) is 59.7 Å². The van der Waals surface area contributed by atoms with E-state index in [1.807, 2.05) is 0 Å². The summed E-state index contributed by atoms with van der Waals surface area (Å²) in [6, 6.07) is 12.3. The van der Waals surface area contributed by atoms with Crippen LogP contribution in [-0.2, 0) is 0 Å². The van der Waals surface area contributed by atoms with Gasteiger partial charge < -0.3 is 41.7 Å². The standard InChI is InChI=1S/C16H36N4.2C7H6O3/c1-13-11-15(3,4)19-10-8-18-14(2)12-16(5,6)20-9-7-17-13;2*8-6-4-2-1-3-5(6)7(9)10/h13-14,17-20H,7-12H2,1-6H3;2*1-4,8H,(H,9,10)/t13-,14+;;. The monoisotopic (exact) mass is 560 g/mol. The minimum Gasteiger partial charge on any atom is -0.872 e. The van der Waals surface area contributed by atoms with Gasteiger partial charge in [0.15, 0.2) is 0 Å². The molecule has 0 spiro atoms. The van der Waals surface area contributed by atoms with Gasteiger partial charge in [-0.05, 0) is 53.7 Å². The molecule has 1 aliphatic heterocycles. The van der Waals surface area contributed by atoms with Gasteiger partial charge in [0.1, 0.15) is 0 Å². The first-order chi connectivity index (χ1) is 18.6. The summed E-state index contributed by atoms with van der Waals surface area (Å²) >= 11 is 0. The lowest BCUT2D eigenvalue weighted by Gasteiger charge is -2.30. The molecule has 1 fully saturated rings. The quantitative estimate of drug-likeness (QED) is 0.304. The minimum absolute atomic E-state index is 0.178. The number of nitrogens with two attached hydrogens (primary N) is 2. The third kappa shape index (κ3) is 14.3. The van der Waals surface area contributed by atoms with Crippen molar-refractivity contribution in [3.8, 4) is 11.5 Å². The molecule has 0 radical (unpaired) electrons. The number of carboxylic acids is 2. The average molecular weight is 561 g/mol. The zero-order valence-electron chi connectivity index (χ0n) is 24.7. The second-order valence-electron chi connectivity index (χ2n) is 11.7. The van der Waals surface area contributed by atoms with Gasteiger partial charge in [-0.15, -0.1) is 0 Å². The van der Waals surface area contributed by atoms with Crippen LogP contribution in [-0.4, -0.2) is 71.5 Å². The SMILES string of the molecule is C[C@@H]1CC(C)(C)[NH2+]CCN[C@@H](C)CC(C)(C)[NH2+]CCN1.O=C(O)c1ccccc1[O-].O=C(O)c1ccccc1[O-]. The van der Waals surface area contributed by atoms with E-state index in [-0.39, 0.29) is 11.1 Å². The lowest BCUT2D eigenvalue weighted by Crippen LogP contribution is -2.97. The maximum absolute atomic E-state index is 10.7. The molecule has 3 rings (SSSR count). The van der Waals surface area contributed by atoms with Gasteiger partial charge in [-0.2, -0.15) is 0 Å². The van der Waals surface area contributed by atoms with E-state index in [9.17, 15) is 19.8 Å². The van der Waals surface area contributed by atoms with Crippen molar-refractivity contribution >= 4 is 11.9 Å². The van der Waals surface area contributed by atoms with Gasteiger partial charge >= 0.3 is 11.9 Å². The number of hydrogen-bond donors (Lipinski definition) is 6. The highest BCUT2D eigenvalue weighted by molar-refractivity contribution is 5.90. The molecule has 0 saturated carbocycles. The molecule has 1 aliphatic rings. The Morgan fingerprint density at radius 2 is 1.05 bits per heavy atom. The van der Waals surface area contributed by atoms with Gasteiger partial charge in [0.25, 0.3) is 0 Å². The Morgan fingerprint density at radius 3 is 1.32 bits per heavy atom. The van der Waals surface area contributed by atoms with Crippen molar-refractivity contribution in [2.75, 3.05) is 26.2 Å². The molecule has 10 heteroatoms. The van der Waals surface area contributed by atoms with Crippen LogP contribution in [0.1, 0.15) is 75.1 Å². The van der Waals surface area contributed by atoms with Crippen molar-refractivity contribution in [3.63, 3.8) is 0 Å². The van der Waals surface area contributed by atoms with Gasteiger partial charge in [-0.25, -0.2) is 9.59 Å². The van der Waals surface area contributed by atoms with Crippen molar-refractivity contribution in [1.29, 1.82) is 0 Å². The first-order valence-corrected chi connectivity index (χ1v) is 13.8. The number of carboxylic acid groups (broad SMARTS) is 2. The van der Waals surface area contributed by atoms with Gasteiger partial charge in [0, 0.05) is 38.0 Å². The summed E-state index contributed by atoms with van der Waals surface area (Å²) in [5.41, 5.74) is 0.291. The molecule has 1 heterocycles. The fraction of sp³-hybridized carbons (Fsp3) is 0.533. The van der Waals surface area contributed by atoms with Crippen molar-refractivity contribution in [1.82, 2.24) is 10.6 Å². The van der Waals surface area contributed by atoms with Crippen LogP contribution in [0.25, 0.3) is 0 Å². The van der Waals surface area contributed by atoms with Crippen LogP contribution in [0.3, 0.4) is 0 Å². The number of rotatable bonds is 2. The van der Waals surface area contributed by atoms with Crippen LogP contribution in [0.2, 0.25) is 0 Å². The molecule has 1 saturated heterocycles. The van der Waals surface area contributed by atoms with E-state index >= 15 is 0 Å². The van der Waals surface area contributed by atoms with E-state index in [1.54, 1.807) is 0 Å². The predicted octanol–water partition coefficient (Wildman–Crippen LogP) is 0.337. The maximum Gasteiger partial charge on any atom is 0.335 e. The summed E-state index contributed by atoms with van der Waals surface area (Å²) in [5, 5.41) is 50.4. The number of aromatic carboxylic acids is 2. The molecular weight excluding hydrogens is 512 g/mol. The maximum atomic E-state index is 10.7. The van der Waals surface area contributed by atoms with Crippen LogP contribution < -0.4 is 31.5 Å². The van der Waals surface area contributed by atoms with Crippen LogP contribution in [0.15, 0.2) is 48.5 Å². The van der Waals surface area contributed by atoms with Gasteiger partial charge in [0.2, 0.25) is 0 Å². The van der Waals surface area contributed by atoms with E-state index in [2.05, 4.69) is 62.8 Å². The largest absolute Gasteiger partial charge is 0.872 e. The van der Waals surface area contributed by atoms with Crippen molar-refractivity contribution in [2.45, 2.75) is 77.5 Å².